The minimum atomic E-state index is -0.449. The second kappa shape index (κ2) is 13.4. The van der Waals surface area contributed by atoms with Gasteiger partial charge in [0.1, 0.15) is 0 Å². The van der Waals surface area contributed by atoms with Gasteiger partial charge in [0.15, 0.2) is 11.0 Å². The van der Waals surface area contributed by atoms with Gasteiger partial charge in [0.2, 0.25) is 5.91 Å². The summed E-state index contributed by atoms with van der Waals surface area (Å²) in [5.74, 6) is -0.0724. The maximum Gasteiger partial charge on any atom is 0.338 e. The molecule has 0 fully saturated rings. The van der Waals surface area contributed by atoms with Crippen LogP contribution in [0.25, 0.3) is 0 Å². The van der Waals surface area contributed by atoms with Crippen LogP contribution < -0.4 is 10.6 Å². The zero-order valence-electron chi connectivity index (χ0n) is 22.0. The molecule has 0 radical (unpaired) electrons. The van der Waals surface area contributed by atoms with Crippen molar-refractivity contribution in [2.75, 3.05) is 11.1 Å². The Morgan fingerprint density at radius 3 is 2.47 bits per heavy atom. The molecule has 0 saturated carbocycles. The fourth-order valence-electron chi connectivity index (χ4n) is 3.67. The molecule has 0 aliphatic carbocycles. The van der Waals surface area contributed by atoms with Crippen LogP contribution in [0.1, 0.15) is 66.7 Å². The van der Waals surface area contributed by atoms with Crippen LogP contribution in [0.15, 0.2) is 53.7 Å². The number of esters is 1. The molecule has 2 amide bonds. The summed E-state index contributed by atoms with van der Waals surface area (Å²) >= 11 is 7.42. The van der Waals surface area contributed by atoms with E-state index in [9.17, 15) is 14.4 Å². The fraction of sp³-hybridized carbons (Fsp3) is 0.370. The zero-order chi connectivity index (χ0) is 27.8. The number of amides is 2. The first-order valence-corrected chi connectivity index (χ1v) is 13.6. The number of aromatic nitrogens is 3. The number of benzene rings is 2. The molecule has 0 unspecified atom stereocenters. The summed E-state index contributed by atoms with van der Waals surface area (Å²) in [4.78, 5) is 37.7. The van der Waals surface area contributed by atoms with Crippen LogP contribution in [0.4, 0.5) is 5.69 Å². The van der Waals surface area contributed by atoms with Gasteiger partial charge in [0, 0.05) is 12.7 Å². The Hall–Kier alpha value is -3.37. The van der Waals surface area contributed by atoms with E-state index in [1.54, 1.807) is 74.0 Å². The first-order chi connectivity index (χ1) is 18.0. The molecule has 2 N–H and O–H groups in total. The lowest BCUT2D eigenvalue weighted by atomic mass is 10.0. The number of hydrogen-bond donors (Lipinski definition) is 2. The van der Waals surface area contributed by atoms with Crippen molar-refractivity contribution >= 4 is 46.8 Å². The molecule has 1 aromatic heterocycles. The molecule has 3 aromatic rings. The molecule has 11 heteroatoms. The molecule has 0 aliphatic heterocycles. The number of hydrogen-bond acceptors (Lipinski definition) is 7. The number of nitrogens with zero attached hydrogens (tertiary/aromatic N) is 3. The second-order valence-corrected chi connectivity index (χ2v) is 10.8. The Bertz CT molecular complexity index is 1290. The Kier molecular flexibility index (Phi) is 10.3. The fourth-order valence-corrected chi connectivity index (χ4v) is 4.61. The third-order valence-electron chi connectivity index (χ3n) is 5.37. The molecule has 2 aromatic carbocycles. The number of ether oxygens (including phenoxy) is 1. The Balaban J connectivity index is 1.66. The first kappa shape index (κ1) is 29.2. The summed E-state index contributed by atoms with van der Waals surface area (Å²) in [6.45, 7) is 7.66. The Morgan fingerprint density at radius 2 is 1.79 bits per heavy atom. The van der Waals surface area contributed by atoms with Gasteiger partial charge in [-0.1, -0.05) is 55.4 Å². The van der Waals surface area contributed by atoms with E-state index < -0.39 is 12.0 Å². The number of nitrogens with one attached hydrogen (secondary N) is 2. The zero-order valence-corrected chi connectivity index (χ0v) is 23.6. The number of halogens is 1. The van der Waals surface area contributed by atoms with Crippen LogP contribution in [0.3, 0.4) is 0 Å². The van der Waals surface area contributed by atoms with Gasteiger partial charge in [-0.05, 0) is 56.5 Å². The van der Waals surface area contributed by atoms with Crippen molar-refractivity contribution in [1.29, 1.82) is 0 Å². The second-order valence-electron chi connectivity index (χ2n) is 9.41. The Morgan fingerprint density at radius 1 is 1.05 bits per heavy atom. The van der Waals surface area contributed by atoms with Crippen molar-refractivity contribution in [2.45, 2.75) is 51.4 Å². The van der Waals surface area contributed by atoms with E-state index in [1.807, 2.05) is 0 Å². The first-order valence-electron chi connectivity index (χ1n) is 12.2. The van der Waals surface area contributed by atoms with E-state index >= 15 is 0 Å². The SMILES string of the molecule is CC(C)C[C@H](NC(=O)c1ccccc1Cl)c1nnc(SCC(=O)Nc2cccc(C(=O)OC(C)C)c2)n1C. The van der Waals surface area contributed by atoms with E-state index in [-0.39, 0.29) is 29.6 Å². The van der Waals surface area contributed by atoms with Gasteiger partial charge < -0.3 is 19.9 Å². The highest BCUT2D eigenvalue weighted by Crippen LogP contribution is 2.25. The van der Waals surface area contributed by atoms with Gasteiger partial charge in [-0.15, -0.1) is 10.2 Å². The van der Waals surface area contributed by atoms with Crippen LogP contribution in [-0.2, 0) is 16.6 Å². The third-order valence-corrected chi connectivity index (χ3v) is 6.72. The van der Waals surface area contributed by atoms with Crippen molar-refractivity contribution in [3.63, 3.8) is 0 Å². The number of anilines is 1. The van der Waals surface area contributed by atoms with Crippen molar-refractivity contribution in [1.82, 2.24) is 20.1 Å². The van der Waals surface area contributed by atoms with Gasteiger partial charge in [-0.2, -0.15) is 0 Å². The summed E-state index contributed by atoms with van der Waals surface area (Å²) in [5, 5.41) is 15.3. The maximum absolute atomic E-state index is 12.9. The minimum Gasteiger partial charge on any atom is -0.459 e. The van der Waals surface area contributed by atoms with Crippen LogP contribution in [-0.4, -0.2) is 44.4 Å². The predicted molar refractivity (Wildman–Crippen MR) is 148 cm³/mol. The average molecular weight is 558 g/mol. The van der Waals surface area contributed by atoms with Gasteiger partial charge in [0.05, 0.1) is 34.0 Å². The molecule has 38 heavy (non-hydrogen) atoms. The molecular weight excluding hydrogens is 526 g/mol. The normalized spacial score (nSPS) is 11.9. The largest absolute Gasteiger partial charge is 0.459 e. The molecule has 1 atom stereocenters. The average Bonchev–Trinajstić information content (AvgIpc) is 3.22. The molecule has 3 rings (SSSR count). The summed E-state index contributed by atoms with van der Waals surface area (Å²) in [5.41, 5.74) is 1.24. The molecule has 1 heterocycles. The number of carbonyl (C=O) groups is 3. The van der Waals surface area contributed by atoms with Gasteiger partial charge in [-0.3, -0.25) is 9.59 Å². The van der Waals surface area contributed by atoms with Crippen LogP contribution >= 0.6 is 23.4 Å². The van der Waals surface area contributed by atoms with E-state index in [2.05, 4.69) is 34.7 Å². The molecule has 9 nitrogen and oxygen atoms in total. The molecule has 202 valence electrons. The minimum absolute atomic E-state index is 0.0769. The van der Waals surface area contributed by atoms with E-state index in [1.165, 1.54) is 11.8 Å². The third kappa shape index (κ3) is 8.06. The topological polar surface area (TPSA) is 115 Å². The van der Waals surface area contributed by atoms with Crippen LogP contribution in [0.2, 0.25) is 5.02 Å². The van der Waals surface area contributed by atoms with Crippen molar-refractivity contribution in [3.05, 3.63) is 70.5 Å². The van der Waals surface area contributed by atoms with Crippen molar-refractivity contribution in [3.8, 4) is 0 Å². The lowest BCUT2D eigenvalue weighted by Crippen LogP contribution is -2.31. The summed E-state index contributed by atoms with van der Waals surface area (Å²) in [6.07, 6.45) is 0.404. The van der Waals surface area contributed by atoms with Gasteiger partial charge >= 0.3 is 5.97 Å². The molecule has 0 spiro atoms. The Labute approximate surface area is 231 Å². The quantitative estimate of drug-likeness (QED) is 0.243. The monoisotopic (exact) mass is 557 g/mol. The molecule has 0 bridgehead atoms. The highest BCUT2D eigenvalue weighted by atomic mass is 35.5. The highest BCUT2D eigenvalue weighted by Gasteiger charge is 2.24. The lowest BCUT2D eigenvalue weighted by molar-refractivity contribution is -0.113. The maximum atomic E-state index is 12.9. The predicted octanol–water partition coefficient (Wildman–Crippen LogP) is 5.28. The summed E-state index contributed by atoms with van der Waals surface area (Å²) < 4.78 is 6.99. The van der Waals surface area contributed by atoms with E-state index in [0.29, 0.717) is 39.2 Å². The molecule has 0 saturated heterocycles. The summed E-state index contributed by atoms with van der Waals surface area (Å²) in [7, 11) is 1.80. The van der Waals surface area contributed by atoms with Gasteiger partial charge in [-0.25, -0.2) is 4.79 Å². The van der Waals surface area contributed by atoms with Crippen LogP contribution in [0, 0.1) is 5.92 Å². The number of rotatable bonds is 11. The van der Waals surface area contributed by atoms with Gasteiger partial charge in [0.25, 0.3) is 5.91 Å². The highest BCUT2D eigenvalue weighted by molar-refractivity contribution is 7.99. The lowest BCUT2D eigenvalue weighted by Gasteiger charge is -2.20. The number of carbonyl (C=O) groups excluding carboxylic acids is 3. The van der Waals surface area contributed by atoms with Crippen molar-refractivity contribution in [2.24, 2.45) is 13.0 Å². The smallest absolute Gasteiger partial charge is 0.338 e. The van der Waals surface area contributed by atoms with E-state index in [0.717, 1.165) is 0 Å². The standard InChI is InChI=1S/C27H32ClN5O4S/c1-16(2)13-22(30-25(35)20-11-6-7-12-21(20)28)24-31-32-27(33(24)5)38-15-23(34)29-19-10-8-9-18(14-19)26(36)37-17(3)4/h6-12,14,16-17,22H,13,15H2,1-5H3,(H,29,34)(H,30,35)/t22-/m0/s1. The van der Waals surface area contributed by atoms with Crippen LogP contribution in [0.5, 0.6) is 0 Å². The molecule has 0 aliphatic rings. The van der Waals surface area contributed by atoms with Crippen molar-refractivity contribution < 1.29 is 19.1 Å². The summed E-state index contributed by atoms with van der Waals surface area (Å²) in [6, 6.07) is 13.1. The number of thioether (sulfide) groups is 1. The molecular formula is C27H32ClN5O4S. The van der Waals surface area contributed by atoms with E-state index in [4.69, 9.17) is 16.3 Å².